The molecule has 0 unspecified atom stereocenters. The first-order valence-electron chi connectivity index (χ1n) is 7.75. The molecule has 0 amide bonds. The molecule has 1 aliphatic heterocycles. The molecule has 1 aromatic carbocycles. The number of hydrogen-bond acceptors (Lipinski definition) is 4. The Labute approximate surface area is 140 Å². The van der Waals surface area contributed by atoms with Crippen LogP contribution in [-0.2, 0) is 0 Å². The van der Waals surface area contributed by atoms with E-state index in [1.54, 1.807) is 0 Å². The molecule has 22 heavy (non-hydrogen) atoms. The van der Waals surface area contributed by atoms with E-state index >= 15 is 0 Å². The summed E-state index contributed by atoms with van der Waals surface area (Å²) < 4.78 is 1.10. The van der Waals surface area contributed by atoms with Gasteiger partial charge in [0.15, 0.2) is 0 Å². The van der Waals surface area contributed by atoms with Gasteiger partial charge in [0.2, 0.25) is 5.95 Å². The summed E-state index contributed by atoms with van der Waals surface area (Å²) in [5, 5.41) is 3.38. The van der Waals surface area contributed by atoms with Gasteiger partial charge in [-0.1, -0.05) is 22.0 Å². The molecule has 4 nitrogen and oxygen atoms in total. The van der Waals surface area contributed by atoms with Crippen molar-refractivity contribution in [2.75, 3.05) is 23.3 Å². The fourth-order valence-electron chi connectivity index (χ4n) is 2.67. The van der Waals surface area contributed by atoms with Gasteiger partial charge in [0.25, 0.3) is 0 Å². The fourth-order valence-corrected chi connectivity index (χ4v) is 3.05. The van der Waals surface area contributed by atoms with Gasteiger partial charge in [-0.25, -0.2) is 4.98 Å². The van der Waals surface area contributed by atoms with Crippen LogP contribution in [-0.4, -0.2) is 23.1 Å². The molecule has 0 radical (unpaired) electrons. The van der Waals surface area contributed by atoms with E-state index in [0.717, 1.165) is 40.7 Å². The van der Waals surface area contributed by atoms with E-state index in [1.165, 1.54) is 24.8 Å². The minimum Gasteiger partial charge on any atom is -0.341 e. The molecule has 0 aliphatic carbocycles. The van der Waals surface area contributed by atoms with E-state index in [2.05, 4.69) is 56.3 Å². The largest absolute Gasteiger partial charge is 0.341 e. The third-order valence-electron chi connectivity index (χ3n) is 3.93. The summed E-state index contributed by atoms with van der Waals surface area (Å²) in [5.41, 5.74) is 3.24. The predicted molar refractivity (Wildman–Crippen MR) is 95.0 cm³/mol. The molecule has 1 fully saturated rings. The molecular formula is C17H21BrN4. The number of nitrogens with zero attached hydrogens (tertiary/aromatic N) is 3. The number of aryl methyl sites for hydroxylation is 2. The molecule has 1 aromatic heterocycles. The fraction of sp³-hybridized carbons (Fsp3) is 0.412. The van der Waals surface area contributed by atoms with E-state index in [-0.39, 0.29) is 0 Å². The zero-order valence-electron chi connectivity index (χ0n) is 13.1. The third-order valence-corrected chi connectivity index (χ3v) is 4.78. The maximum atomic E-state index is 4.69. The van der Waals surface area contributed by atoms with Crippen molar-refractivity contribution in [3.63, 3.8) is 0 Å². The van der Waals surface area contributed by atoms with Crippen molar-refractivity contribution in [3.8, 4) is 0 Å². The molecule has 116 valence electrons. The summed E-state index contributed by atoms with van der Waals surface area (Å²) in [6.07, 6.45) is 3.76. The number of nitrogens with one attached hydrogen (secondary N) is 1. The Morgan fingerprint density at radius 1 is 1.05 bits per heavy atom. The predicted octanol–water partition coefficient (Wildman–Crippen LogP) is 4.59. The van der Waals surface area contributed by atoms with E-state index < -0.39 is 0 Å². The highest BCUT2D eigenvalue weighted by Gasteiger charge is 2.14. The SMILES string of the molecule is Cc1cc(Nc2ccc(C)c(Br)c2)nc(N2CCCCC2)n1. The van der Waals surface area contributed by atoms with E-state index in [0.29, 0.717) is 0 Å². The van der Waals surface area contributed by atoms with Crippen LogP contribution < -0.4 is 10.2 Å². The summed E-state index contributed by atoms with van der Waals surface area (Å²) in [4.78, 5) is 11.6. The monoisotopic (exact) mass is 360 g/mol. The number of piperidine rings is 1. The van der Waals surface area contributed by atoms with Crippen molar-refractivity contribution in [1.29, 1.82) is 0 Å². The average Bonchev–Trinajstić information content (AvgIpc) is 2.51. The van der Waals surface area contributed by atoms with Crippen LogP contribution in [0.5, 0.6) is 0 Å². The minimum atomic E-state index is 0.841. The van der Waals surface area contributed by atoms with Crippen LogP contribution in [0.2, 0.25) is 0 Å². The van der Waals surface area contributed by atoms with Crippen molar-refractivity contribution in [2.24, 2.45) is 0 Å². The van der Waals surface area contributed by atoms with Gasteiger partial charge in [-0.05, 0) is 50.8 Å². The van der Waals surface area contributed by atoms with Crippen LogP contribution in [0.1, 0.15) is 30.5 Å². The van der Waals surface area contributed by atoms with Crippen molar-refractivity contribution >= 4 is 33.4 Å². The van der Waals surface area contributed by atoms with Gasteiger partial charge in [0.05, 0.1) is 0 Å². The van der Waals surface area contributed by atoms with Crippen LogP contribution in [0.3, 0.4) is 0 Å². The molecule has 2 heterocycles. The van der Waals surface area contributed by atoms with Crippen LogP contribution >= 0.6 is 15.9 Å². The van der Waals surface area contributed by atoms with Crippen molar-refractivity contribution < 1.29 is 0 Å². The van der Waals surface area contributed by atoms with Crippen LogP contribution in [0.25, 0.3) is 0 Å². The number of rotatable bonds is 3. The van der Waals surface area contributed by atoms with Gasteiger partial charge < -0.3 is 10.2 Å². The smallest absolute Gasteiger partial charge is 0.227 e. The average molecular weight is 361 g/mol. The summed E-state index contributed by atoms with van der Waals surface area (Å²) in [5.74, 6) is 1.69. The molecule has 0 bridgehead atoms. The van der Waals surface area contributed by atoms with Gasteiger partial charge in [-0.3, -0.25) is 0 Å². The standard InChI is InChI=1S/C17H21BrN4/c1-12-6-7-14(11-15(12)18)20-16-10-13(2)19-17(21-16)22-8-4-3-5-9-22/h6-7,10-11H,3-5,8-9H2,1-2H3,(H,19,20,21). The van der Waals surface area contributed by atoms with E-state index in [4.69, 9.17) is 4.98 Å². The van der Waals surface area contributed by atoms with Gasteiger partial charge in [-0.15, -0.1) is 0 Å². The molecule has 0 saturated carbocycles. The normalized spacial score (nSPS) is 15.0. The lowest BCUT2D eigenvalue weighted by molar-refractivity contribution is 0.568. The zero-order valence-corrected chi connectivity index (χ0v) is 14.7. The minimum absolute atomic E-state index is 0.841. The lowest BCUT2D eigenvalue weighted by atomic mass is 10.1. The molecule has 0 spiro atoms. The Morgan fingerprint density at radius 2 is 1.82 bits per heavy atom. The van der Waals surface area contributed by atoms with Crippen LogP contribution in [0.4, 0.5) is 17.5 Å². The number of hydrogen-bond donors (Lipinski definition) is 1. The second kappa shape index (κ2) is 6.65. The topological polar surface area (TPSA) is 41.1 Å². The lowest BCUT2D eigenvalue weighted by Crippen LogP contribution is -2.31. The molecule has 0 atom stereocenters. The Balaban J connectivity index is 1.83. The Kier molecular flexibility index (Phi) is 4.62. The van der Waals surface area contributed by atoms with Gasteiger partial charge in [-0.2, -0.15) is 4.98 Å². The maximum Gasteiger partial charge on any atom is 0.227 e. The van der Waals surface area contributed by atoms with E-state index in [1.807, 2.05) is 13.0 Å². The highest BCUT2D eigenvalue weighted by atomic mass is 79.9. The van der Waals surface area contributed by atoms with Crippen LogP contribution in [0, 0.1) is 13.8 Å². The second-order valence-electron chi connectivity index (χ2n) is 5.83. The van der Waals surface area contributed by atoms with Crippen molar-refractivity contribution in [2.45, 2.75) is 33.1 Å². The molecule has 1 N–H and O–H groups in total. The summed E-state index contributed by atoms with van der Waals surface area (Å²) >= 11 is 3.57. The zero-order chi connectivity index (χ0) is 15.5. The number of halogens is 1. The van der Waals surface area contributed by atoms with Gasteiger partial charge in [0.1, 0.15) is 5.82 Å². The van der Waals surface area contributed by atoms with Gasteiger partial charge >= 0.3 is 0 Å². The lowest BCUT2D eigenvalue weighted by Gasteiger charge is -2.27. The second-order valence-corrected chi connectivity index (χ2v) is 6.69. The first kappa shape index (κ1) is 15.3. The number of anilines is 3. The number of aromatic nitrogens is 2. The number of benzene rings is 1. The Bertz CT molecular complexity index is 666. The van der Waals surface area contributed by atoms with Crippen LogP contribution in [0.15, 0.2) is 28.7 Å². The molecule has 2 aromatic rings. The highest BCUT2D eigenvalue weighted by molar-refractivity contribution is 9.10. The summed E-state index contributed by atoms with van der Waals surface area (Å²) in [6, 6.07) is 8.22. The highest BCUT2D eigenvalue weighted by Crippen LogP contribution is 2.24. The molecule has 3 rings (SSSR count). The van der Waals surface area contributed by atoms with Crippen molar-refractivity contribution in [3.05, 3.63) is 40.0 Å². The third kappa shape index (κ3) is 3.58. The van der Waals surface area contributed by atoms with Crippen molar-refractivity contribution in [1.82, 2.24) is 9.97 Å². The van der Waals surface area contributed by atoms with Gasteiger partial charge in [0, 0.05) is 35.0 Å². The quantitative estimate of drug-likeness (QED) is 0.868. The molecule has 5 heteroatoms. The summed E-state index contributed by atoms with van der Waals surface area (Å²) in [6.45, 7) is 6.21. The van der Waals surface area contributed by atoms with E-state index in [9.17, 15) is 0 Å². The molecule has 1 aliphatic rings. The first-order valence-corrected chi connectivity index (χ1v) is 8.55. The summed E-state index contributed by atoms with van der Waals surface area (Å²) in [7, 11) is 0. The Morgan fingerprint density at radius 3 is 2.55 bits per heavy atom. The molecular weight excluding hydrogens is 340 g/mol. The maximum absolute atomic E-state index is 4.69. The molecule has 1 saturated heterocycles. The first-order chi connectivity index (χ1) is 10.6. The Hall–Kier alpha value is -1.62.